The summed E-state index contributed by atoms with van der Waals surface area (Å²) in [5, 5.41) is 0. The molecule has 0 spiro atoms. The van der Waals surface area contributed by atoms with E-state index >= 15 is 0 Å². The fraction of sp³-hybridized carbons (Fsp3) is 0.222. The Balaban J connectivity index is 2.79. The SMILES string of the molecule is CN(C(N)=NCN)c1ccccc1. The van der Waals surface area contributed by atoms with E-state index < -0.39 is 0 Å². The number of benzene rings is 1. The maximum Gasteiger partial charge on any atom is 0.196 e. The molecule has 0 heterocycles. The average Bonchev–Trinajstić information content (AvgIpc) is 2.18. The minimum atomic E-state index is 0.211. The molecule has 1 rings (SSSR count). The second-order valence-corrected chi connectivity index (χ2v) is 2.59. The number of hydrogen-bond donors (Lipinski definition) is 2. The van der Waals surface area contributed by atoms with Crippen molar-refractivity contribution in [2.75, 3.05) is 18.6 Å². The van der Waals surface area contributed by atoms with Crippen LogP contribution in [0.25, 0.3) is 0 Å². The van der Waals surface area contributed by atoms with Crippen LogP contribution < -0.4 is 16.4 Å². The molecule has 0 saturated carbocycles. The van der Waals surface area contributed by atoms with E-state index in [9.17, 15) is 0 Å². The van der Waals surface area contributed by atoms with Crippen molar-refractivity contribution in [3.05, 3.63) is 30.3 Å². The first-order chi connectivity index (χ1) is 6.25. The van der Waals surface area contributed by atoms with Gasteiger partial charge in [0.05, 0.1) is 6.67 Å². The van der Waals surface area contributed by atoms with Gasteiger partial charge in [0, 0.05) is 12.7 Å². The summed E-state index contributed by atoms with van der Waals surface area (Å²) < 4.78 is 0. The van der Waals surface area contributed by atoms with Crippen LogP contribution in [0.3, 0.4) is 0 Å². The largest absolute Gasteiger partial charge is 0.369 e. The van der Waals surface area contributed by atoms with Gasteiger partial charge >= 0.3 is 0 Å². The summed E-state index contributed by atoms with van der Waals surface area (Å²) in [6.45, 7) is 0.211. The first-order valence-electron chi connectivity index (χ1n) is 4.04. The molecular weight excluding hydrogens is 164 g/mol. The topological polar surface area (TPSA) is 67.6 Å². The summed E-state index contributed by atoms with van der Waals surface area (Å²) >= 11 is 0. The van der Waals surface area contributed by atoms with Gasteiger partial charge in [0.1, 0.15) is 0 Å². The van der Waals surface area contributed by atoms with Crippen LogP contribution in [0.2, 0.25) is 0 Å². The smallest absolute Gasteiger partial charge is 0.196 e. The fourth-order valence-electron chi connectivity index (χ4n) is 0.983. The number of nitrogens with zero attached hydrogens (tertiary/aromatic N) is 2. The van der Waals surface area contributed by atoms with E-state index in [1.807, 2.05) is 37.4 Å². The first kappa shape index (κ1) is 9.54. The number of para-hydroxylation sites is 1. The summed E-state index contributed by atoms with van der Waals surface area (Å²) in [4.78, 5) is 5.68. The maximum absolute atomic E-state index is 5.66. The van der Waals surface area contributed by atoms with Crippen LogP contribution in [0, 0.1) is 0 Å². The number of nitrogens with two attached hydrogens (primary N) is 2. The molecule has 0 saturated heterocycles. The summed E-state index contributed by atoms with van der Waals surface area (Å²) in [5.41, 5.74) is 11.9. The molecule has 0 aliphatic heterocycles. The molecule has 0 aliphatic carbocycles. The van der Waals surface area contributed by atoms with Gasteiger partial charge in [-0.1, -0.05) is 18.2 Å². The highest BCUT2D eigenvalue weighted by atomic mass is 15.2. The number of hydrogen-bond acceptors (Lipinski definition) is 2. The minimum Gasteiger partial charge on any atom is -0.369 e. The zero-order valence-corrected chi connectivity index (χ0v) is 7.64. The zero-order chi connectivity index (χ0) is 9.68. The summed E-state index contributed by atoms with van der Waals surface area (Å²) in [5.74, 6) is 0.425. The van der Waals surface area contributed by atoms with Gasteiger partial charge < -0.3 is 16.4 Å². The van der Waals surface area contributed by atoms with Gasteiger partial charge in [0.2, 0.25) is 0 Å². The predicted octanol–water partition coefficient (Wildman–Crippen LogP) is 0.354. The van der Waals surface area contributed by atoms with Gasteiger partial charge in [-0.05, 0) is 12.1 Å². The van der Waals surface area contributed by atoms with Crippen molar-refractivity contribution in [1.82, 2.24) is 0 Å². The highest BCUT2D eigenvalue weighted by molar-refractivity contribution is 5.94. The molecule has 0 unspecified atom stereocenters. The Morgan fingerprint density at radius 2 is 2.00 bits per heavy atom. The van der Waals surface area contributed by atoms with Crippen molar-refractivity contribution in [2.45, 2.75) is 0 Å². The van der Waals surface area contributed by atoms with Crippen LogP contribution >= 0.6 is 0 Å². The lowest BCUT2D eigenvalue weighted by Gasteiger charge is -2.17. The van der Waals surface area contributed by atoms with Crippen LogP contribution in [0.4, 0.5) is 5.69 Å². The Hall–Kier alpha value is -1.55. The second kappa shape index (κ2) is 4.47. The average molecular weight is 178 g/mol. The van der Waals surface area contributed by atoms with Crippen molar-refractivity contribution in [3.8, 4) is 0 Å². The van der Waals surface area contributed by atoms with Gasteiger partial charge in [-0.25, -0.2) is 4.99 Å². The highest BCUT2D eigenvalue weighted by Gasteiger charge is 2.02. The van der Waals surface area contributed by atoms with E-state index in [0.717, 1.165) is 5.69 Å². The molecule has 13 heavy (non-hydrogen) atoms. The standard InChI is InChI=1S/C9H14N4/c1-13(9(11)12-7-10)8-5-3-2-4-6-8/h2-6H,7,10H2,1H3,(H2,11,12). The molecule has 1 aromatic carbocycles. The van der Waals surface area contributed by atoms with Crippen LogP contribution in [0.15, 0.2) is 35.3 Å². The Kier molecular flexibility index (Phi) is 3.28. The van der Waals surface area contributed by atoms with Crippen molar-refractivity contribution in [3.63, 3.8) is 0 Å². The maximum atomic E-state index is 5.66. The lowest BCUT2D eigenvalue weighted by molar-refractivity contribution is 1.04. The third-order valence-electron chi connectivity index (χ3n) is 1.74. The molecule has 1 aromatic rings. The molecule has 0 fully saturated rings. The van der Waals surface area contributed by atoms with Crippen LogP contribution in [-0.4, -0.2) is 19.7 Å². The van der Waals surface area contributed by atoms with E-state index in [0.29, 0.717) is 5.96 Å². The number of anilines is 1. The van der Waals surface area contributed by atoms with E-state index in [1.54, 1.807) is 4.90 Å². The van der Waals surface area contributed by atoms with Crippen molar-refractivity contribution in [1.29, 1.82) is 0 Å². The summed E-state index contributed by atoms with van der Waals surface area (Å²) in [6.07, 6.45) is 0. The predicted molar refractivity (Wildman–Crippen MR) is 55.5 cm³/mol. The van der Waals surface area contributed by atoms with E-state index in [2.05, 4.69) is 4.99 Å². The Labute approximate surface area is 77.9 Å². The number of rotatable bonds is 2. The summed E-state index contributed by atoms with van der Waals surface area (Å²) in [7, 11) is 1.85. The lowest BCUT2D eigenvalue weighted by Crippen LogP contribution is -2.34. The molecule has 0 bridgehead atoms. The highest BCUT2D eigenvalue weighted by Crippen LogP contribution is 2.09. The lowest BCUT2D eigenvalue weighted by atomic mass is 10.3. The molecule has 0 amide bonds. The first-order valence-corrected chi connectivity index (χ1v) is 4.04. The monoisotopic (exact) mass is 178 g/mol. The second-order valence-electron chi connectivity index (χ2n) is 2.59. The molecule has 0 radical (unpaired) electrons. The van der Waals surface area contributed by atoms with Crippen molar-refractivity contribution in [2.24, 2.45) is 16.5 Å². The van der Waals surface area contributed by atoms with Crippen LogP contribution in [0.5, 0.6) is 0 Å². The van der Waals surface area contributed by atoms with Gasteiger partial charge in [-0.15, -0.1) is 0 Å². The van der Waals surface area contributed by atoms with E-state index in [1.165, 1.54) is 0 Å². The molecule has 0 atom stereocenters. The molecular formula is C9H14N4. The molecule has 0 aromatic heterocycles. The van der Waals surface area contributed by atoms with Crippen molar-refractivity contribution >= 4 is 11.6 Å². The molecule has 4 N–H and O–H groups in total. The van der Waals surface area contributed by atoms with Gasteiger partial charge in [0.25, 0.3) is 0 Å². The molecule has 0 aliphatic rings. The molecule has 70 valence electrons. The minimum absolute atomic E-state index is 0.211. The number of aliphatic imine (C=N–C) groups is 1. The van der Waals surface area contributed by atoms with Crippen molar-refractivity contribution < 1.29 is 0 Å². The normalized spacial score (nSPS) is 11.4. The third kappa shape index (κ3) is 2.45. The van der Waals surface area contributed by atoms with Crippen LogP contribution in [-0.2, 0) is 0 Å². The quantitative estimate of drug-likeness (QED) is 0.507. The molecule has 4 nitrogen and oxygen atoms in total. The fourth-order valence-corrected chi connectivity index (χ4v) is 0.983. The van der Waals surface area contributed by atoms with E-state index in [4.69, 9.17) is 11.5 Å². The van der Waals surface area contributed by atoms with Gasteiger partial charge in [-0.3, -0.25) is 0 Å². The van der Waals surface area contributed by atoms with Gasteiger partial charge in [0.15, 0.2) is 5.96 Å². The third-order valence-corrected chi connectivity index (χ3v) is 1.74. The summed E-state index contributed by atoms with van der Waals surface area (Å²) in [6, 6.07) is 9.76. The van der Waals surface area contributed by atoms with Crippen LogP contribution in [0.1, 0.15) is 0 Å². The van der Waals surface area contributed by atoms with E-state index in [-0.39, 0.29) is 6.67 Å². The Bertz CT molecular complexity index is 281. The number of guanidine groups is 1. The Morgan fingerprint density at radius 3 is 2.54 bits per heavy atom. The molecule has 4 heteroatoms. The Morgan fingerprint density at radius 1 is 1.38 bits per heavy atom. The van der Waals surface area contributed by atoms with Gasteiger partial charge in [-0.2, -0.15) is 0 Å². The zero-order valence-electron chi connectivity index (χ0n) is 7.64.